The van der Waals surface area contributed by atoms with Crippen LogP contribution in [0.1, 0.15) is 58.4 Å². The van der Waals surface area contributed by atoms with Gasteiger partial charge in [-0.2, -0.15) is 0 Å². The summed E-state index contributed by atoms with van der Waals surface area (Å²) in [6.45, 7) is 14.1. The van der Waals surface area contributed by atoms with Crippen molar-refractivity contribution in [2.24, 2.45) is 29.6 Å². The highest BCUT2D eigenvalue weighted by Gasteiger charge is 2.58. The number of Topliss-reactive ketones (excluding diaryl/α,β-unsaturated/α-hetero) is 1. The minimum Gasteiger partial charge on any atom is -0.377 e. The van der Waals surface area contributed by atoms with Crippen molar-refractivity contribution in [3.63, 3.8) is 0 Å². The highest BCUT2D eigenvalue weighted by atomic mass is 16.1. The Bertz CT molecular complexity index is 708. The SMILES string of the molecule is C=CCC1C2CC(C(CC)Cc3ccccc3)CC2CC1(NC(=C)C)C(C)=O. The maximum Gasteiger partial charge on any atom is 0.155 e. The first-order valence-corrected chi connectivity index (χ1v) is 11.0. The average Bonchev–Trinajstić information content (AvgIpc) is 3.18. The molecule has 0 amide bonds. The fourth-order valence-electron chi connectivity index (χ4n) is 6.38. The third kappa shape index (κ3) is 3.97. The predicted octanol–water partition coefficient (Wildman–Crippen LogP) is 5.94. The minimum absolute atomic E-state index is 0.268. The van der Waals surface area contributed by atoms with Gasteiger partial charge in [0.2, 0.25) is 0 Å². The first-order valence-electron chi connectivity index (χ1n) is 11.0. The molecule has 3 rings (SSSR count). The van der Waals surface area contributed by atoms with Crippen LogP contribution in [0, 0.1) is 29.6 Å². The summed E-state index contributed by atoms with van der Waals surface area (Å²) in [7, 11) is 0. The number of carbonyl (C=O) groups is 1. The van der Waals surface area contributed by atoms with E-state index in [1.54, 1.807) is 6.92 Å². The van der Waals surface area contributed by atoms with E-state index in [2.05, 4.69) is 55.7 Å². The van der Waals surface area contributed by atoms with Gasteiger partial charge < -0.3 is 5.32 Å². The van der Waals surface area contributed by atoms with Crippen LogP contribution in [0.15, 0.2) is 55.3 Å². The van der Waals surface area contributed by atoms with Gasteiger partial charge >= 0.3 is 0 Å². The molecular weight excluding hydrogens is 342 g/mol. The Hall–Kier alpha value is -1.83. The molecule has 2 aliphatic rings. The molecule has 28 heavy (non-hydrogen) atoms. The van der Waals surface area contributed by atoms with Gasteiger partial charge in [0, 0.05) is 5.70 Å². The molecule has 2 aliphatic carbocycles. The normalized spacial score (nSPS) is 32.5. The molecule has 1 N–H and O–H groups in total. The van der Waals surface area contributed by atoms with Crippen molar-refractivity contribution in [2.75, 3.05) is 0 Å². The third-order valence-corrected chi connectivity index (χ3v) is 7.54. The van der Waals surface area contributed by atoms with Crippen molar-refractivity contribution in [3.05, 3.63) is 60.8 Å². The standard InChI is InChI=1S/C26H37NO/c1-6-11-25-24-16-22(21(7-2)14-20-12-9-8-10-13-20)15-23(24)17-26(25,19(5)28)27-18(3)4/h6,8-10,12-13,21-25,27H,1,3,7,11,14-17H2,2,4-5H3. The van der Waals surface area contributed by atoms with Crippen LogP contribution >= 0.6 is 0 Å². The zero-order valence-corrected chi connectivity index (χ0v) is 17.9. The number of rotatable bonds is 9. The molecule has 0 aliphatic heterocycles. The summed E-state index contributed by atoms with van der Waals surface area (Å²) in [6, 6.07) is 10.9. The molecule has 1 aromatic rings. The van der Waals surface area contributed by atoms with E-state index in [4.69, 9.17) is 0 Å². The van der Waals surface area contributed by atoms with Crippen molar-refractivity contribution < 1.29 is 4.79 Å². The van der Waals surface area contributed by atoms with Gasteiger partial charge in [-0.05, 0) is 81.1 Å². The van der Waals surface area contributed by atoms with Crippen molar-refractivity contribution >= 4 is 5.78 Å². The molecule has 2 saturated carbocycles. The van der Waals surface area contributed by atoms with Crippen LogP contribution in [-0.2, 0) is 11.2 Å². The molecule has 0 bridgehead atoms. The lowest BCUT2D eigenvalue weighted by Crippen LogP contribution is -2.54. The van der Waals surface area contributed by atoms with E-state index < -0.39 is 5.54 Å². The highest BCUT2D eigenvalue weighted by Crippen LogP contribution is 2.57. The van der Waals surface area contributed by atoms with E-state index >= 15 is 0 Å². The molecule has 0 saturated heterocycles. The summed E-state index contributed by atoms with van der Waals surface area (Å²) in [6.07, 6.45) is 8.79. The zero-order valence-electron chi connectivity index (χ0n) is 17.9. The Morgan fingerprint density at radius 1 is 1.29 bits per heavy atom. The summed E-state index contributed by atoms with van der Waals surface area (Å²) in [4.78, 5) is 12.8. The second kappa shape index (κ2) is 8.68. The van der Waals surface area contributed by atoms with Crippen LogP contribution in [0.25, 0.3) is 0 Å². The Labute approximate surface area is 171 Å². The van der Waals surface area contributed by atoms with Crippen LogP contribution in [0.5, 0.6) is 0 Å². The fourth-order valence-corrected chi connectivity index (χ4v) is 6.38. The summed E-state index contributed by atoms with van der Waals surface area (Å²) >= 11 is 0. The summed E-state index contributed by atoms with van der Waals surface area (Å²) < 4.78 is 0. The van der Waals surface area contributed by atoms with Crippen LogP contribution in [0.3, 0.4) is 0 Å². The van der Waals surface area contributed by atoms with Crippen molar-refractivity contribution in [1.82, 2.24) is 5.32 Å². The molecule has 2 fully saturated rings. The number of hydrogen-bond acceptors (Lipinski definition) is 2. The molecule has 6 unspecified atom stereocenters. The lowest BCUT2D eigenvalue weighted by Gasteiger charge is -2.38. The second-order valence-corrected chi connectivity index (χ2v) is 9.28. The van der Waals surface area contributed by atoms with Crippen molar-refractivity contribution in [3.8, 4) is 0 Å². The van der Waals surface area contributed by atoms with Gasteiger partial charge in [0.15, 0.2) is 5.78 Å². The molecule has 0 aromatic heterocycles. The topological polar surface area (TPSA) is 29.1 Å². The molecule has 152 valence electrons. The molecular formula is C26H37NO. The summed E-state index contributed by atoms with van der Waals surface area (Å²) in [5.41, 5.74) is 1.91. The van der Waals surface area contributed by atoms with Crippen LogP contribution in [0.2, 0.25) is 0 Å². The van der Waals surface area contributed by atoms with Crippen LogP contribution in [-0.4, -0.2) is 11.3 Å². The lowest BCUT2D eigenvalue weighted by atomic mass is 9.74. The van der Waals surface area contributed by atoms with E-state index in [0.717, 1.165) is 30.4 Å². The first kappa shape index (κ1) is 20.9. The Kier molecular flexibility index (Phi) is 6.47. The number of allylic oxidation sites excluding steroid dienone is 2. The highest BCUT2D eigenvalue weighted by molar-refractivity contribution is 5.87. The average molecular weight is 380 g/mol. The Morgan fingerprint density at radius 2 is 2.00 bits per heavy atom. The lowest BCUT2D eigenvalue weighted by molar-refractivity contribution is -0.125. The van der Waals surface area contributed by atoms with Crippen LogP contribution < -0.4 is 5.32 Å². The number of hydrogen-bond donors (Lipinski definition) is 1. The second-order valence-electron chi connectivity index (χ2n) is 9.28. The molecule has 2 heteroatoms. The smallest absolute Gasteiger partial charge is 0.155 e. The van der Waals surface area contributed by atoms with Gasteiger partial charge in [0.05, 0.1) is 5.54 Å². The van der Waals surface area contributed by atoms with Gasteiger partial charge in [-0.1, -0.05) is 56.3 Å². The number of carbonyl (C=O) groups excluding carboxylic acids is 1. The molecule has 0 spiro atoms. The van der Waals surface area contributed by atoms with E-state index in [-0.39, 0.29) is 5.78 Å². The third-order valence-electron chi connectivity index (χ3n) is 7.54. The monoisotopic (exact) mass is 379 g/mol. The van der Waals surface area contributed by atoms with E-state index in [0.29, 0.717) is 17.8 Å². The molecule has 0 radical (unpaired) electrons. The van der Waals surface area contributed by atoms with Gasteiger partial charge in [0.25, 0.3) is 0 Å². The fraction of sp³-hybridized carbons (Fsp3) is 0.577. The number of ketones is 1. The van der Waals surface area contributed by atoms with Crippen molar-refractivity contribution in [1.29, 1.82) is 0 Å². The van der Waals surface area contributed by atoms with Gasteiger partial charge in [-0.15, -0.1) is 6.58 Å². The first-order chi connectivity index (χ1) is 13.4. The number of nitrogens with one attached hydrogen (secondary N) is 1. The maximum atomic E-state index is 12.8. The Balaban J connectivity index is 1.78. The number of benzene rings is 1. The van der Waals surface area contributed by atoms with Crippen LogP contribution in [0.4, 0.5) is 0 Å². The number of fused-ring (bicyclic) bond motifs is 1. The van der Waals surface area contributed by atoms with Gasteiger partial charge in [0.1, 0.15) is 0 Å². The van der Waals surface area contributed by atoms with Gasteiger partial charge in [-0.3, -0.25) is 4.79 Å². The summed E-state index contributed by atoms with van der Waals surface area (Å²) in [5.74, 6) is 3.35. The largest absolute Gasteiger partial charge is 0.377 e. The van der Waals surface area contributed by atoms with Gasteiger partial charge in [-0.25, -0.2) is 0 Å². The zero-order chi connectivity index (χ0) is 20.3. The molecule has 2 nitrogen and oxygen atoms in total. The van der Waals surface area contributed by atoms with E-state index in [1.807, 2.05) is 13.0 Å². The molecule has 0 heterocycles. The van der Waals surface area contributed by atoms with Crippen molar-refractivity contribution in [2.45, 2.75) is 64.8 Å². The molecule has 1 aromatic carbocycles. The predicted molar refractivity (Wildman–Crippen MR) is 118 cm³/mol. The van der Waals surface area contributed by atoms with E-state index in [9.17, 15) is 4.79 Å². The maximum absolute atomic E-state index is 12.8. The quantitative estimate of drug-likeness (QED) is 0.538. The molecule has 6 atom stereocenters. The minimum atomic E-state index is -0.443. The van der Waals surface area contributed by atoms with E-state index in [1.165, 1.54) is 31.2 Å². The Morgan fingerprint density at radius 3 is 2.57 bits per heavy atom. The summed E-state index contributed by atoms with van der Waals surface area (Å²) in [5, 5.41) is 3.52.